The molecule has 0 aromatic heterocycles. The molecule has 3 rings (SSSR count). The van der Waals surface area contributed by atoms with Gasteiger partial charge in [0.15, 0.2) is 12.9 Å². The van der Waals surface area contributed by atoms with E-state index in [0.29, 0.717) is 26.1 Å². The van der Waals surface area contributed by atoms with Crippen LogP contribution in [-0.2, 0) is 14.2 Å². The monoisotopic (exact) mass is 397 g/mol. The third kappa shape index (κ3) is 6.10. The predicted molar refractivity (Wildman–Crippen MR) is 97.0 cm³/mol. The molecule has 1 aliphatic rings. The van der Waals surface area contributed by atoms with E-state index in [1.54, 1.807) is 0 Å². The van der Waals surface area contributed by atoms with Gasteiger partial charge in [-0.1, -0.05) is 42.5 Å². The van der Waals surface area contributed by atoms with Crippen molar-refractivity contribution in [2.45, 2.75) is 31.2 Å². The predicted octanol–water partition coefficient (Wildman–Crippen LogP) is 4.37. The number of benzene rings is 2. The molecule has 1 aliphatic heterocycles. The lowest BCUT2D eigenvalue weighted by atomic mass is 9.97. The topological polar surface area (TPSA) is 56.8 Å². The highest BCUT2D eigenvalue weighted by molar-refractivity contribution is 5.83. The van der Waals surface area contributed by atoms with Crippen LogP contribution in [0.5, 0.6) is 0 Å². The van der Waals surface area contributed by atoms with Gasteiger partial charge in [0.25, 0.3) is 0 Å². The van der Waals surface area contributed by atoms with Gasteiger partial charge in [0, 0.05) is 18.9 Å². The average Bonchev–Trinajstić information content (AvgIpc) is 2.69. The molecule has 0 unspecified atom stereocenters. The quantitative estimate of drug-likeness (QED) is 0.736. The minimum Gasteiger partial charge on any atom is -0.440 e. The number of hydrogen-bond donors (Lipinski definition) is 1. The van der Waals surface area contributed by atoms with Crippen LogP contribution in [-0.4, -0.2) is 44.9 Å². The number of alkyl halides is 3. The Kier molecular flexibility index (Phi) is 6.74. The summed E-state index contributed by atoms with van der Waals surface area (Å²) in [4.78, 5) is 11.1. The summed E-state index contributed by atoms with van der Waals surface area (Å²) in [6, 6.07) is 14.4. The maximum Gasteiger partial charge on any atom is 0.422 e. The van der Waals surface area contributed by atoms with Crippen molar-refractivity contribution >= 4 is 16.9 Å². The number of hydrogen-bond acceptors (Lipinski definition) is 4. The van der Waals surface area contributed by atoms with Crippen LogP contribution in [0.15, 0.2) is 42.5 Å². The first kappa shape index (κ1) is 20.4. The first-order valence-corrected chi connectivity index (χ1v) is 9.10. The normalized spacial score (nSPS) is 20.1. The summed E-state index contributed by atoms with van der Waals surface area (Å²) in [6.45, 7) is -0.341. The molecule has 28 heavy (non-hydrogen) atoms. The number of ether oxygens (including phenoxy) is 3. The van der Waals surface area contributed by atoms with Crippen molar-refractivity contribution in [3.05, 3.63) is 48.0 Å². The van der Waals surface area contributed by atoms with E-state index in [2.05, 4.69) is 40.4 Å². The van der Waals surface area contributed by atoms with E-state index in [4.69, 9.17) is 9.47 Å². The van der Waals surface area contributed by atoms with E-state index < -0.39 is 18.9 Å². The van der Waals surface area contributed by atoms with Crippen LogP contribution in [0.4, 0.5) is 18.0 Å². The number of nitrogens with one attached hydrogen (secondary N) is 1. The molecular formula is C20H22F3NO4. The van der Waals surface area contributed by atoms with Gasteiger partial charge in [0.1, 0.15) is 0 Å². The SMILES string of the molecule is O=C(NCCCC1OCC(c2ccc3ccccc3c2)CO1)OCC(F)(F)F. The number of fused-ring (bicyclic) bond motifs is 1. The van der Waals surface area contributed by atoms with E-state index in [-0.39, 0.29) is 18.8 Å². The zero-order valence-electron chi connectivity index (χ0n) is 15.2. The zero-order chi connectivity index (χ0) is 20.0. The van der Waals surface area contributed by atoms with Crippen LogP contribution in [0.2, 0.25) is 0 Å². The Labute approximate surface area is 160 Å². The smallest absolute Gasteiger partial charge is 0.422 e. The third-order valence-electron chi connectivity index (χ3n) is 4.46. The lowest BCUT2D eigenvalue weighted by Gasteiger charge is -2.30. The van der Waals surface area contributed by atoms with Gasteiger partial charge >= 0.3 is 12.3 Å². The maximum atomic E-state index is 11.9. The van der Waals surface area contributed by atoms with Crippen LogP contribution < -0.4 is 5.32 Å². The first-order valence-electron chi connectivity index (χ1n) is 9.10. The molecule has 0 radical (unpaired) electrons. The molecule has 1 amide bonds. The van der Waals surface area contributed by atoms with Gasteiger partial charge in [-0.2, -0.15) is 13.2 Å². The number of amides is 1. The van der Waals surface area contributed by atoms with Gasteiger partial charge < -0.3 is 19.5 Å². The molecule has 2 aromatic carbocycles. The maximum absolute atomic E-state index is 11.9. The van der Waals surface area contributed by atoms with Crippen molar-refractivity contribution in [3.63, 3.8) is 0 Å². The Balaban J connectivity index is 1.35. The summed E-state index contributed by atoms with van der Waals surface area (Å²) in [5.41, 5.74) is 1.16. The van der Waals surface area contributed by atoms with Crippen LogP contribution in [0.25, 0.3) is 10.8 Å². The van der Waals surface area contributed by atoms with E-state index in [9.17, 15) is 18.0 Å². The molecule has 152 valence electrons. The highest BCUT2D eigenvalue weighted by Crippen LogP contribution is 2.26. The van der Waals surface area contributed by atoms with Gasteiger partial charge in [-0.15, -0.1) is 0 Å². The molecule has 1 N–H and O–H groups in total. The van der Waals surface area contributed by atoms with Crippen LogP contribution >= 0.6 is 0 Å². The Hall–Kier alpha value is -2.32. The summed E-state index contributed by atoms with van der Waals surface area (Å²) in [7, 11) is 0. The summed E-state index contributed by atoms with van der Waals surface area (Å²) < 4.78 is 51.4. The third-order valence-corrected chi connectivity index (χ3v) is 4.46. The van der Waals surface area contributed by atoms with Gasteiger partial charge in [0.05, 0.1) is 13.2 Å². The minimum atomic E-state index is -4.53. The van der Waals surface area contributed by atoms with E-state index in [1.165, 1.54) is 10.8 Å². The van der Waals surface area contributed by atoms with E-state index in [1.807, 2.05) is 12.1 Å². The van der Waals surface area contributed by atoms with Crippen molar-refractivity contribution in [2.75, 3.05) is 26.4 Å². The standard InChI is InChI=1S/C20H22F3NO4/c21-20(22,23)13-28-19(25)24-9-3-6-18-26-11-17(12-27-18)16-8-7-14-4-1-2-5-15(14)10-16/h1-2,4-5,7-8,10,17-18H,3,6,9,11-13H2,(H,24,25). The van der Waals surface area contributed by atoms with Crippen molar-refractivity contribution < 1.29 is 32.2 Å². The molecule has 2 aromatic rings. The highest BCUT2D eigenvalue weighted by Gasteiger charge is 2.29. The highest BCUT2D eigenvalue weighted by atomic mass is 19.4. The molecule has 8 heteroatoms. The van der Waals surface area contributed by atoms with Gasteiger partial charge in [-0.25, -0.2) is 4.79 Å². The number of alkyl carbamates (subject to hydrolysis) is 1. The molecule has 0 saturated carbocycles. The summed E-state index contributed by atoms with van der Waals surface area (Å²) in [6.07, 6.45) is -4.96. The van der Waals surface area contributed by atoms with E-state index >= 15 is 0 Å². The van der Waals surface area contributed by atoms with Gasteiger partial charge in [-0.3, -0.25) is 0 Å². The lowest BCUT2D eigenvalue weighted by Crippen LogP contribution is -2.33. The summed E-state index contributed by atoms with van der Waals surface area (Å²) >= 11 is 0. The molecule has 1 fully saturated rings. The molecule has 0 bridgehead atoms. The fraction of sp³-hybridized carbons (Fsp3) is 0.450. The van der Waals surface area contributed by atoms with Crippen LogP contribution in [0.1, 0.15) is 24.3 Å². The van der Waals surface area contributed by atoms with Crippen LogP contribution in [0.3, 0.4) is 0 Å². The molecular weight excluding hydrogens is 375 g/mol. The molecule has 0 aliphatic carbocycles. The Morgan fingerprint density at radius 1 is 1.11 bits per heavy atom. The minimum absolute atomic E-state index is 0.149. The fourth-order valence-corrected chi connectivity index (χ4v) is 3.02. The van der Waals surface area contributed by atoms with Crippen molar-refractivity contribution in [1.82, 2.24) is 5.32 Å². The molecule has 1 saturated heterocycles. The second kappa shape index (κ2) is 9.25. The van der Waals surface area contributed by atoms with Crippen molar-refractivity contribution in [1.29, 1.82) is 0 Å². The fourth-order valence-electron chi connectivity index (χ4n) is 3.02. The second-order valence-electron chi connectivity index (χ2n) is 6.66. The number of halogens is 3. The number of rotatable bonds is 6. The lowest BCUT2D eigenvalue weighted by molar-refractivity contribution is -0.190. The van der Waals surface area contributed by atoms with E-state index in [0.717, 1.165) is 5.56 Å². The second-order valence-corrected chi connectivity index (χ2v) is 6.66. The largest absolute Gasteiger partial charge is 0.440 e. The summed E-state index contributed by atoms with van der Waals surface area (Å²) in [5, 5.41) is 4.63. The Morgan fingerprint density at radius 3 is 2.54 bits per heavy atom. The number of carbonyl (C=O) groups is 1. The van der Waals surface area contributed by atoms with Gasteiger partial charge in [-0.05, 0) is 22.8 Å². The number of carbonyl (C=O) groups excluding carboxylic acids is 1. The Morgan fingerprint density at radius 2 is 1.82 bits per heavy atom. The van der Waals surface area contributed by atoms with Crippen LogP contribution in [0, 0.1) is 0 Å². The molecule has 0 atom stereocenters. The van der Waals surface area contributed by atoms with Crippen molar-refractivity contribution in [2.24, 2.45) is 0 Å². The molecule has 0 spiro atoms. The van der Waals surface area contributed by atoms with Gasteiger partial charge in [0.2, 0.25) is 0 Å². The average molecular weight is 397 g/mol. The molecule has 1 heterocycles. The first-order chi connectivity index (χ1) is 13.4. The van der Waals surface area contributed by atoms with Crippen molar-refractivity contribution in [3.8, 4) is 0 Å². The Bertz CT molecular complexity index is 788. The zero-order valence-corrected chi connectivity index (χ0v) is 15.2. The molecule has 5 nitrogen and oxygen atoms in total. The summed E-state index contributed by atoms with van der Waals surface area (Å²) in [5.74, 6) is 0.149.